The Balaban J connectivity index is 0.00000144. The first-order chi connectivity index (χ1) is 5.74. The molecule has 0 radical (unpaired) electrons. The van der Waals surface area contributed by atoms with E-state index in [1.54, 1.807) is 12.1 Å². The van der Waals surface area contributed by atoms with Crippen molar-refractivity contribution < 1.29 is 9.13 Å². The smallest absolute Gasteiger partial charge is 0.165 e. The number of hydrogen-bond acceptors (Lipinski definition) is 2. The maximum absolute atomic E-state index is 13.0. The average molecular weight is 206 g/mol. The van der Waals surface area contributed by atoms with Crippen LogP contribution >= 0.6 is 12.4 Å². The van der Waals surface area contributed by atoms with Gasteiger partial charge in [0.15, 0.2) is 11.6 Å². The summed E-state index contributed by atoms with van der Waals surface area (Å²) in [6, 6.07) is 4.85. The van der Waals surface area contributed by atoms with Crippen LogP contribution < -0.4 is 10.5 Å². The van der Waals surface area contributed by atoms with Gasteiger partial charge < -0.3 is 10.5 Å². The second-order valence-corrected chi connectivity index (χ2v) is 2.57. The van der Waals surface area contributed by atoms with E-state index in [9.17, 15) is 4.39 Å². The highest BCUT2D eigenvalue weighted by Gasteiger charge is 2.01. The lowest BCUT2D eigenvalue weighted by molar-refractivity contribution is 0.311. The molecule has 0 aliphatic heterocycles. The fourth-order valence-corrected chi connectivity index (χ4v) is 0.892. The number of ether oxygens (including phenoxy) is 1. The summed E-state index contributed by atoms with van der Waals surface area (Å²) in [5.41, 5.74) is 6.09. The quantitative estimate of drug-likeness (QED) is 0.818. The van der Waals surface area contributed by atoms with Gasteiger partial charge in [-0.1, -0.05) is 6.07 Å². The van der Waals surface area contributed by atoms with E-state index >= 15 is 0 Å². The van der Waals surface area contributed by atoms with Crippen LogP contribution in [-0.2, 0) is 0 Å². The van der Waals surface area contributed by atoms with Gasteiger partial charge in [0.25, 0.3) is 0 Å². The molecule has 13 heavy (non-hydrogen) atoms. The van der Waals surface area contributed by atoms with Gasteiger partial charge >= 0.3 is 0 Å². The molecule has 0 saturated carbocycles. The van der Waals surface area contributed by atoms with Gasteiger partial charge in [-0.2, -0.15) is 0 Å². The molecule has 0 atom stereocenters. The Labute approximate surface area is 83.3 Å². The summed E-state index contributed by atoms with van der Waals surface area (Å²) in [5.74, 6) is -0.0606. The Morgan fingerprint density at radius 2 is 2.15 bits per heavy atom. The molecule has 0 amide bonds. The molecule has 0 unspecified atom stereocenters. The van der Waals surface area contributed by atoms with Crippen molar-refractivity contribution in [3.05, 3.63) is 29.6 Å². The Bertz CT molecular complexity index is 268. The molecule has 0 spiro atoms. The summed E-state index contributed by atoms with van der Waals surface area (Å²) in [6.07, 6.45) is 0. The van der Waals surface area contributed by atoms with Crippen LogP contribution in [0.15, 0.2) is 18.2 Å². The highest BCUT2D eigenvalue weighted by molar-refractivity contribution is 5.85. The van der Waals surface area contributed by atoms with Crippen molar-refractivity contribution in [1.82, 2.24) is 0 Å². The molecule has 0 fully saturated rings. The number of aryl methyl sites for hydroxylation is 1. The molecule has 74 valence electrons. The van der Waals surface area contributed by atoms with Crippen LogP contribution in [-0.4, -0.2) is 13.2 Å². The molecule has 1 aromatic rings. The molecular weight excluding hydrogens is 193 g/mol. The average Bonchev–Trinajstić information content (AvgIpc) is 2.03. The minimum Gasteiger partial charge on any atom is -0.489 e. The first-order valence-electron chi connectivity index (χ1n) is 3.83. The molecule has 2 N–H and O–H groups in total. The van der Waals surface area contributed by atoms with E-state index in [1.165, 1.54) is 6.07 Å². The zero-order valence-electron chi connectivity index (χ0n) is 7.42. The lowest BCUT2D eigenvalue weighted by Crippen LogP contribution is -2.11. The summed E-state index contributed by atoms with van der Waals surface area (Å²) >= 11 is 0. The SMILES string of the molecule is Cc1ccc(OCCN)c(F)c1.Cl. The predicted octanol–water partition coefficient (Wildman–Crippen LogP) is 1.89. The Kier molecular flexibility index (Phi) is 5.42. The maximum atomic E-state index is 13.0. The third-order valence-corrected chi connectivity index (χ3v) is 1.46. The largest absolute Gasteiger partial charge is 0.489 e. The van der Waals surface area contributed by atoms with Gasteiger partial charge in [0, 0.05) is 6.54 Å². The second kappa shape index (κ2) is 5.78. The van der Waals surface area contributed by atoms with Crippen LogP contribution in [0.5, 0.6) is 5.75 Å². The number of benzene rings is 1. The highest BCUT2D eigenvalue weighted by atomic mass is 35.5. The minimum absolute atomic E-state index is 0. The summed E-state index contributed by atoms with van der Waals surface area (Å²) in [7, 11) is 0. The van der Waals surface area contributed by atoms with Crippen LogP contribution in [0.2, 0.25) is 0 Å². The lowest BCUT2D eigenvalue weighted by atomic mass is 10.2. The van der Waals surface area contributed by atoms with Gasteiger partial charge in [-0.25, -0.2) is 4.39 Å². The van der Waals surface area contributed by atoms with Crippen molar-refractivity contribution in [2.75, 3.05) is 13.2 Å². The van der Waals surface area contributed by atoms with Crippen molar-refractivity contribution in [2.45, 2.75) is 6.92 Å². The molecular formula is C9H13ClFNO. The van der Waals surface area contributed by atoms with E-state index in [1.807, 2.05) is 6.92 Å². The molecule has 1 aromatic carbocycles. The summed E-state index contributed by atoms with van der Waals surface area (Å²) in [6.45, 7) is 2.57. The zero-order chi connectivity index (χ0) is 8.97. The van der Waals surface area contributed by atoms with Gasteiger partial charge in [-0.15, -0.1) is 12.4 Å². The van der Waals surface area contributed by atoms with E-state index in [2.05, 4.69) is 0 Å². The van der Waals surface area contributed by atoms with Crippen molar-refractivity contribution in [3.63, 3.8) is 0 Å². The molecule has 0 bridgehead atoms. The van der Waals surface area contributed by atoms with Crippen LogP contribution in [0.4, 0.5) is 4.39 Å². The maximum Gasteiger partial charge on any atom is 0.165 e. The van der Waals surface area contributed by atoms with Crippen molar-refractivity contribution in [3.8, 4) is 5.75 Å². The van der Waals surface area contributed by atoms with E-state index in [0.29, 0.717) is 13.2 Å². The lowest BCUT2D eigenvalue weighted by Gasteiger charge is -2.05. The van der Waals surface area contributed by atoms with Gasteiger partial charge in [0.2, 0.25) is 0 Å². The topological polar surface area (TPSA) is 35.2 Å². The summed E-state index contributed by atoms with van der Waals surface area (Å²) in [5, 5.41) is 0. The Hall–Kier alpha value is -0.800. The summed E-state index contributed by atoms with van der Waals surface area (Å²) < 4.78 is 18.0. The van der Waals surface area contributed by atoms with Crippen LogP contribution in [0, 0.1) is 12.7 Å². The van der Waals surface area contributed by atoms with Crippen LogP contribution in [0.1, 0.15) is 5.56 Å². The molecule has 0 aliphatic rings. The van der Waals surface area contributed by atoms with Crippen molar-refractivity contribution in [1.29, 1.82) is 0 Å². The highest BCUT2D eigenvalue weighted by Crippen LogP contribution is 2.17. The van der Waals surface area contributed by atoms with Gasteiger partial charge in [0.1, 0.15) is 6.61 Å². The van der Waals surface area contributed by atoms with Crippen LogP contribution in [0.3, 0.4) is 0 Å². The molecule has 2 nitrogen and oxygen atoms in total. The minimum atomic E-state index is -0.330. The number of hydrogen-bond donors (Lipinski definition) is 1. The van der Waals surface area contributed by atoms with E-state index < -0.39 is 0 Å². The fourth-order valence-electron chi connectivity index (χ4n) is 0.892. The molecule has 1 rings (SSSR count). The molecule has 0 heterocycles. The normalized spacial score (nSPS) is 9.15. The van der Waals surface area contributed by atoms with Crippen molar-refractivity contribution >= 4 is 12.4 Å². The number of halogens is 2. The third kappa shape index (κ3) is 3.61. The van der Waals surface area contributed by atoms with Crippen LogP contribution in [0.25, 0.3) is 0 Å². The molecule has 0 saturated heterocycles. The van der Waals surface area contributed by atoms with Gasteiger partial charge in [0.05, 0.1) is 0 Å². The number of rotatable bonds is 3. The second-order valence-electron chi connectivity index (χ2n) is 2.57. The zero-order valence-corrected chi connectivity index (χ0v) is 8.23. The third-order valence-electron chi connectivity index (χ3n) is 1.46. The fraction of sp³-hybridized carbons (Fsp3) is 0.333. The van der Waals surface area contributed by atoms with Gasteiger partial charge in [-0.3, -0.25) is 0 Å². The van der Waals surface area contributed by atoms with E-state index in [0.717, 1.165) is 5.56 Å². The summed E-state index contributed by atoms with van der Waals surface area (Å²) in [4.78, 5) is 0. The van der Waals surface area contributed by atoms with Crippen molar-refractivity contribution in [2.24, 2.45) is 5.73 Å². The first-order valence-corrected chi connectivity index (χ1v) is 3.83. The van der Waals surface area contributed by atoms with Gasteiger partial charge in [-0.05, 0) is 24.6 Å². The predicted molar refractivity (Wildman–Crippen MR) is 52.9 cm³/mol. The standard InChI is InChI=1S/C9H12FNO.ClH/c1-7-2-3-9(8(10)6-7)12-5-4-11;/h2-3,6H,4-5,11H2,1H3;1H. The van der Waals surface area contributed by atoms with E-state index in [-0.39, 0.29) is 24.0 Å². The van der Waals surface area contributed by atoms with E-state index in [4.69, 9.17) is 10.5 Å². The number of nitrogens with two attached hydrogens (primary N) is 1. The Morgan fingerprint density at radius 1 is 1.46 bits per heavy atom. The molecule has 4 heteroatoms. The molecule has 0 aromatic heterocycles. The first kappa shape index (κ1) is 12.2. The molecule has 0 aliphatic carbocycles. The Morgan fingerprint density at radius 3 is 2.69 bits per heavy atom. The monoisotopic (exact) mass is 205 g/mol.